The molecule has 0 bridgehead atoms. The Morgan fingerprint density at radius 2 is 2.19 bits per heavy atom. The van der Waals surface area contributed by atoms with Crippen molar-refractivity contribution < 1.29 is 14.6 Å². The van der Waals surface area contributed by atoms with Gasteiger partial charge in [-0.15, -0.1) is 0 Å². The van der Waals surface area contributed by atoms with Gasteiger partial charge in [-0.05, 0) is 43.4 Å². The van der Waals surface area contributed by atoms with Crippen molar-refractivity contribution in [2.75, 3.05) is 0 Å². The fraction of sp³-hybridized carbons (Fsp3) is 0.438. The molecule has 0 saturated heterocycles. The molecule has 1 N–H and O–H groups in total. The molecule has 1 saturated carbocycles. The van der Waals surface area contributed by atoms with Gasteiger partial charge < -0.3 is 9.84 Å². The molecule has 0 aliphatic heterocycles. The molecule has 1 aliphatic rings. The predicted molar refractivity (Wildman–Crippen MR) is 78.5 cm³/mol. The molecular weight excluding hydrogens is 268 g/mol. The third-order valence-corrected chi connectivity index (χ3v) is 4.01. The van der Waals surface area contributed by atoms with Crippen molar-refractivity contribution in [2.45, 2.75) is 38.7 Å². The van der Waals surface area contributed by atoms with Crippen molar-refractivity contribution in [2.24, 2.45) is 5.92 Å². The summed E-state index contributed by atoms with van der Waals surface area (Å²) in [4.78, 5) is 19.4. The molecule has 5 nitrogen and oxygen atoms in total. The van der Waals surface area contributed by atoms with E-state index in [2.05, 4.69) is 16.9 Å². The molecule has 0 spiro atoms. The van der Waals surface area contributed by atoms with E-state index in [0.29, 0.717) is 17.3 Å². The summed E-state index contributed by atoms with van der Waals surface area (Å²) in [6.07, 6.45) is 6.13. The zero-order valence-electron chi connectivity index (χ0n) is 12.0. The lowest BCUT2D eigenvalue weighted by Crippen LogP contribution is -2.24. The Labute approximate surface area is 123 Å². The molecule has 1 aromatic heterocycles. The van der Waals surface area contributed by atoms with E-state index in [1.54, 1.807) is 18.2 Å². The number of benzene rings is 1. The van der Waals surface area contributed by atoms with E-state index in [9.17, 15) is 4.79 Å². The van der Waals surface area contributed by atoms with Crippen LogP contribution in [0, 0.1) is 5.92 Å². The van der Waals surface area contributed by atoms with Crippen LogP contribution in [0.15, 0.2) is 24.5 Å². The molecule has 5 heteroatoms. The Hall–Kier alpha value is -2.17. The van der Waals surface area contributed by atoms with E-state index in [0.717, 1.165) is 18.2 Å². The maximum atomic E-state index is 11.0. The maximum absolute atomic E-state index is 11.0. The van der Waals surface area contributed by atoms with Gasteiger partial charge >= 0.3 is 5.97 Å². The Kier molecular flexibility index (Phi) is 3.73. The van der Waals surface area contributed by atoms with E-state index in [-0.39, 0.29) is 11.7 Å². The van der Waals surface area contributed by atoms with Gasteiger partial charge in [0, 0.05) is 0 Å². The lowest BCUT2D eigenvalue weighted by atomic mass is 9.89. The lowest BCUT2D eigenvalue weighted by Gasteiger charge is -2.27. The minimum atomic E-state index is -0.959. The summed E-state index contributed by atoms with van der Waals surface area (Å²) < 4.78 is 6.04. The quantitative estimate of drug-likeness (QED) is 0.937. The minimum Gasteiger partial charge on any atom is -0.478 e. The summed E-state index contributed by atoms with van der Waals surface area (Å²) in [5, 5.41) is 9.79. The average Bonchev–Trinajstić information content (AvgIpc) is 2.47. The Bertz CT molecular complexity index is 672. The Morgan fingerprint density at radius 3 is 2.95 bits per heavy atom. The van der Waals surface area contributed by atoms with Gasteiger partial charge in [0.25, 0.3) is 0 Å². The van der Waals surface area contributed by atoms with E-state index < -0.39 is 5.97 Å². The minimum absolute atomic E-state index is 0.186. The first kappa shape index (κ1) is 13.8. The van der Waals surface area contributed by atoms with E-state index in [1.165, 1.54) is 19.2 Å². The molecule has 21 heavy (non-hydrogen) atoms. The summed E-state index contributed by atoms with van der Waals surface area (Å²) in [5.41, 5.74) is 0.821. The number of aromatic nitrogens is 2. The molecule has 1 fully saturated rings. The molecular formula is C16H18N2O3. The van der Waals surface area contributed by atoms with Crippen LogP contribution >= 0.6 is 0 Å². The number of hydrogen-bond donors (Lipinski definition) is 1. The van der Waals surface area contributed by atoms with Crippen LogP contribution in [0.3, 0.4) is 0 Å². The number of nitrogens with zero attached hydrogens (tertiary/aromatic N) is 2. The number of hydrogen-bond acceptors (Lipinski definition) is 4. The van der Waals surface area contributed by atoms with Crippen molar-refractivity contribution >= 4 is 16.9 Å². The standard InChI is InChI=1S/C16H18N2O3/c1-10-3-2-4-12(7-10)21-15-13-6-5-11(16(19)20)8-14(13)17-9-18-15/h5-6,8-10,12H,2-4,7H2,1H3,(H,19,20). The summed E-state index contributed by atoms with van der Waals surface area (Å²) in [6.45, 7) is 2.24. The first-order valence-electron chi connectivity index (χ1n) is 7.28. The Morgan fingerprint density at radius 1 is 1.33 bits per heavy atom. The molecule has 2 aromatic rings. The molecule has 1 aliphatic carbocycles. The molecule has 2 atom stereocenters. The van der Waals surface area contributed by atoms with Crippen molar-refractivity contribution in [3.8, 4) is 5.88 Å². The molecule has 1 aromatic carbocycles. The van der Waals surface area contributed by atoms with Gasteiger partial charge in [0.1, 0.15) is 12.4 Å². The van der Waals surface area contributed by atoms with Gasteiger partial charge in [-0.25, -0.2) is 14.8 Å². The zero-order chi connectivity index (χ0) is 14.8. The molecule has 3 rings (SSSR count). The highest BCUT2D eigenvalue weighted by Gasteiger charge is 2.21. The predicted octanol–water partition coefficient (Wildman–Crippen LogP) is 3.29. The van der Waals surface area contributed by atoms with Crippen molar-refractivity contribution in [1.82, 2.24) is 9.97 Å². The fourth-order valence-corrected chi connectivity index (χ4v) is 2.90. The maximum Gasteiger partial charge on any atom is 0.335 e. The van der Waals surface area contributed by atoms with Gasteiger partial charge in [-0.1, -0.05) is 13.3 Å². The van der Waals surface area contributed by atoms with Gasteiger partial charge in [-0.3, -0.25) is 0 Å². The highest BCUT2D eigenvalue weighted by atomic mass is 16.5. The molecule has 1 heterocycles. The molecule has 110 valence electrons. The number of rotatable bonds is 3. The third-order valence-electron chi connectivity index (χ3n) is 4.01. The highest BCUT2D eigenvalue weighted by Crippen LogP contribution is 2.29. The van der Waals surface area contributed by atoms with Crippen LogP contribution in [0.4, 0.5) is 0 Å². The van der Waals surface area contributed by atoms with Gasteiger partial charge in [0.05, 0.1) is 16.5 Å². The van der Waals surface area contributed by atoms with Crippen LogP contribution in [0.5, 0.6) is 5.88 Å². The van der Waals surface area contributed by atoms with E-state index >= 15 is 0 Å². The topological polar surface area (TPSA) is 72.3 Å². The number of carbonyl (C=O) groups is 1. The van der Waals surface area contributed by atoms with Gasteiger partial charge in [0.15, 0.2) is 0 Å². The number of fused-ring (bicyclic) bond motifs is 1. The number of carboxylic acid groups (broad SMARTS) is 1. The second kappa shape index (κ2) is 5.68. The van der Waals surface area contributed by atoms with Crippen LogP contribution in [0.1, 0.15) is 43.0 Å². The SMILES string of the molecule is CC1CCCC(Oc2ncnc3cc(C(=O)O)ccc23)C1. The van der Waals surface area contributed by atoms with Crippen molar-refractivity contribution in [1.29, 1.82) is 0 Å². The lowest BCUT2D eigenvalue weighted by molar-refractivity contribution is 0.0697. The molecule has 0 radical (unpaired) electrons. The molecule has 0 amide bonds. The van der Waals surface area contributed by atoms with Crippen molar-refractivity contribution in [3.63, 3.8) is 0 Å². The van der Waals surface area contributed by atoms with Crippen LogP contribution < -0.4 is 4.74 Å². The highest BCUT2D eigenvalue weighted by molar-refractivity contribution is 5.94. The number of carboxylic acids is 1. The van der Waals surface area contributed by atoms with Crippen LogP contribution in [0.2, 0.25) is 0 Å². The first-order chi connectivity index (χ1) is 10.1. The first-order valence-corrected chi connectivity index (χ1v) is 7.28. The van der Waals surface area contributed by atoms with Crippen LogP contribution in [-0.2, 0) is 0 Å². The second-order valence-electron chi connectivity index (χ2n) is 5.73. The fourth-order valence-electron chi connectivity index (χ4n) is 2.90. The summed E-state index contributed by atoms with van der Waals surface area (Å²) in [6, 6.07) is 4.83. The number of aromatic carboxylic acids is 1. The van der Waals surface area contributed by atoms with Gasteiger partial charge in [-0.2, -0.15) is 0 Å². The van der Waals surface area contributed by atoms with Crippen molar-refractivity contribution in [3.05, 3.63) is 30.1 Å². The monoisotopic (exact) mass is 286 g/mol. The summed E-state index contributed by atoms with van der Waals surface area (Å²) in [7, 11) is 0. The van der Waals surface area contributed by atoms with E-state index in [4.69, 9.17) is 9.84 Å². The number of ether oxygens (including phenoxy) is 1. The summed E-state index contributed by atoms with van der Waals surface area (Å²) in [5.74, 6) is 0.269. The Balaban J connectivity index is 1.90. The third kappa shape index (κ3) is 2.96. The normalized spacial score (nSPS) is 22.1. The molecule has 2 unspecified atom stereocenters. The largest absolute Gasteiger partial charge is 0.478 e. The summed E-state index contributed by atoms with van der Waals surface area (Å²) >= 11 is 0. The second-order valence-corrected chi connectivity index (χ2v) is 5.73. The smallest absolute Gasteiger partial charge is 0.335 e. The average molecular weight is 286 g/mol. The zero-order valence-corrected chi connectivity index (χ0v) is 12.0. The van der Waals surface area contributed by atoms with Gasteiger partial charge in [0.2, 0.25) is 5.88 Å². The van der Waals surface area contributed by atoms with Crippen LogP contribution in [-0.4, -0.2) is 27.1 Å². The van der Waals surface area contributed by atoms with Crippen LogP contribution in [0.25, 0.3) is 10.9 Å². The van der Waals surface area contributed by atoms with E-state index in [1.807, 2.05) is 0 Å².